The van der Waals surface area contributed by atoms with Crippen molar-refractivity contribution in [3.8, 4) is 0 Å². The molecule has 2 aromatic carbocycles. The van der Waals surface area contributed by atoms with Crippen LogP contribution in [0.3, 0.4) is 0 Å². The molecule has 0 bridgehead atoms. The molecule has 2 fully saturated rings. The van der Waals surface area contributed by atoms with Crippen molar-refractivity contribution in [2.24, 2.45) is 5.41 Å². The molecular weight excluding hydrogens is 789 g/mol. The van der Waals surface area contributed by atoms with Gasteiger partial charge in [0.1, 0.15) is 12.1 Å². The lowest BCUT2D eigenvalue weighted by molar-refractivity contribution is -0.143. The van der Waals surface area contributed by atoms with Gasteiger partial charge in [0.15, 0.2) is 0 Å². The number of likely N-dealkylation sites (tertiary alicyclic amines) is 2. The standard InChI is InChI=1S/C41H57Cl2N7O6S/c1-3-44-39(55)41(24-29-12-6-4-7-13-29)18-11-21-50(27-41)38(54)34(23-30-16-17-32(42)33(43)22-30)48-40(56)47-31-14-10-20-49(25-31)36(52)15-8-5-9-19-45-37(53)35(26-57)46-28(2)51/h4,6-7,12-13,16-17,22,31,34-35,57H,3,5,8-11,14-15,18-21,23-27H2,1-2H3,(H,44,55)(H,45,53)(H,46,51)(H2,47,48,56)/t31-,34-,35?,41+/m1/s1. The predicted octanol–water partition coefficient (Wildman–Crippen LogP) is 4.29. The summed E-state index contributed by atoms with van der Waals surface area (Å²) in [5.41, 5.74) is 0.885. The molecule has 0 spiro atoms. The van der Waals surface area contributed by atoms with Gasteiger partial charge in [-0.25, -0.2) is 4.79 Å². The Labute approximate surface area is 351 Å². The molecular formula is C41H57Cl2N7O6S. The molecule has 0 radical (unpaired) electrons. The number of carbonyl (C=O) groups excluding carboxylic acids is 6. The summed E-state index contributed by atoms with van der Waals surface area (Å²) in [6.07, 6.45) is 5.67. The highest BCUT2D eigenvalue weighted by Crippen LogP contribution is 2.35. The smallest absolute Gasteiger partial charge is 0.315 e. The van der Waals surface area contributed by atoms with Gasteiger partial charge in [0.05, 0.1) is 15.5 Å². The third-order valence-corrected chi connectivity index (χ3v) is 11.6. The Hall–Kier alpha value is -4.01. The van der Waals surface area contributed by atoms with Gasteiger partial charge < -0.3 is 36.4 Å². The van der Waals surface area contributed by atoms with Crippen LogP contribution >= 0.6 is 35.8 Å². The zero-order chi connectivity index (χ0) is 41.4. The van der Waals surface area contributed by atoms with E-state index in [2.05, 4.69) is 39.2 Å². The largest absolute Gasteiger partial charge is 0.356 e. The van der Waals surface area contributed by atoms with E-state index in [9.17, 15) is 28.8 Å². The lowest BCUT2D eigenvalue weighted by atomic mass is 9.74. The van der Waals surface area contributed by atoms with Crippen molar-refractivity contribution in [1.29, 1.82) is 0 Å². The second-order valence-corrected chi connectivity index (χ2v) is 16.2. The van der Waals surface area contributed by atoms with Crippen LogP contribution in [0, 0.1) is 5.41 Å². The zero-order valence-corrected chi connectivity index (χ0v) is 35.3. The van der Waals surface area contributed by atoms with Gasteiger partial charge in [-0.2, -0.15) is 12.6 Å². The van der Waals surface area contributed by atoms with Crippen LogP contribution in [0.15, 0.2) is 48.5 Å². The van der Waals surface area contributed by atoms with Gasteiger partial charge in [-0.3, -0.25) is 24.0 Å². The van der Waals surface area contributed by atoms with Crippen LogP contribution in [-0.2, 0) is 36.8 Å². The molecule has 57 heavy (non-hydrogen) atoms. The summed E-state index contributed by atoms with van der Waals surface area (Å²) in [6.45, 7) is 5.71. The van der Waals surface area contributed by atoms with Crippen LogP contribution in [0.1, 0.15) is 76.3 Å². The molecule has 2 aliphatic heterocycles. The highest BCUT2D eigenvalue weighted by Gasteiger charge is 2.44. The number of hydrogen-bond donors (Lipinski definition) is 6. The van der Waals surface area contributed by atoms with E-state index >= 15 is 0 Å². The minimum absolute atomic E-state index is 0.00407. The Morgan fingerprint density at radius 3 is 2.33 bits per heavy atom. The van der Waals surface area contributed by atoms with Gasteiger partial charge in [-0.15, -0.1) is 0 Å². The molecule has 13 nitrogen and oxygen atoms in total. The lowest BCUT2D eigenvalue weighted by Gasteiger charge is -2.43. The molecule has 2 aromatic rings. The highest BCUT2D eigenvalue weighted by atomic mass is 35.5. The number of urea groups is 1. The maximum absolute atomic E-state index is 14.4. The van der Waals surface area contributed by atoms with Crippen LogP contribution in [0.25, 0.3) is 0 Å². The van der Waals surface area contributed by atoms with Crippen molar-refractivity contribution < 1.29 is 28.8 Å². The molecule has 5 N–H and O–H groups in total. The van der Waals surface area contributed by atoms with Crippen molar-refractivity contribution in [1.82, 2.24) is 36.4 Å². The van der Waals surface area contributed by atoms with Crippen molar-refractivity contribution >= 4 is 71.4 Å². The molecule has 4 atom stereocenters. The molecule has 312 valence electrons. The molecule has 0 saturated carbocycles. The van der Waals surface area contributed by atoms with E-state index in [1.54, 1.807) is 28.0 Å². The summed E-state index contributed by atoms with van der Waals surface area (Å²) in [5, 5.41) is 15.0. The molecule has 16 heteroatoms. The fraction of sp³-hybridized carbons (Fsp3) is 0.561. The van der Waals surface area contributed by atoms with Crippen molar-refractivity contribution in [2.75, 3.05) is 45.0 Å². The third-order valence-electron chi connectivity index (χ3n) is 10.5. The number of amides is 7. The van der Waals surface area contributed by atoms with Gasteiger partial charge in [0.25, 0.3) is 0 Å². The molecule has 2 aliphatic rings. The Morgan fingerprint density at radius 2 is 1.63 bits per heavy atom. The number of hydrogen-bond acceptors (Lipinski definition) is 7. The second-order valence-electron chi connectivity index (χ2n) is 15.0. The summed E-state index contributed by atoms with van der Waals surface area (Å²) in [7, 11) is 0. The van der Waals surface area contributed by atoms with Crippen molar-refractivity contribution in [2.45, 2.75) is 96.2 Å². The first-order chi connectivity index (χ1) is 27.3. The first kappa shape index (κ1) is 45.7. The average molecular weight is 847 g/mol. The summed E-state index contributed by atoms with van der Waals surface area (Å²) in [5.74, 6) is -0.795. The van der Waals surface area contributed by atoms with Gasteiger partial charge >= 0.3 is 6.03 Å². The number of thiol groups is 1. The lowest BCUT2D eigenvalue weighted by Crippen LogP contribution is -2.60. The molecule has 4 rings (SSSR count). The topological polar surface area (TPSA) is 169 Å². The summed E-state index contributed by atoms with van der Waals surface area (Å²) < 4.78 is 0. The minimum atomic E-state index is -0.968. The Morgan fingerprint density at radius 1 is 0.877 bits per heavy atom. The van der Waals surface area contributed by atoms with Gasteiger partial charge in [0.2, 0.25) is 29.5 Å². The van der Waals surface area contributed by atoms with Crippen LogP contribution in [0.5, 0.6) is 0 Å². The maximum atomic E-state index is 14.4. The van der Waals surface area contributed by atoms with Crippen LogP contribution in [0.2, 0.25) is 10.0 Å². The second kappa shape index (κ2) is 22.8. The van der Waals surface area contributed by atoms with E-state index in [0.29, 0.717) is 99.7 Å². The monoisotopic (exact) mass is 845 g/mol. The molecule has 1 unspecified atom stereocenters. The van der Waals surface area contributed by atoms with Gasteiger partial charge in [-0.05, 0) is 75.1 Å². The first-order valence-electron chi connectivity index (χ1n) is 19.9. The van der Waals surface area contributed by atoms with Crippen LogP contribution in [0.4, 0.5) is 4.79 Å². The molecule has 0 aliphatic carbocycles. The van der Waals surface area contributed by atoms with E-state index in [0.717, 1.165) is 12.0 Å². The molecule has 0 aromatic heterocycles. The summed E-state index contributed by atoms with van der Waals surface area (Å²) in [6, 6.07) is 12.4. The highest BCUT2D eigenvalue weighted by molar-refractivity contribution is 7.80. The van der Waals surface area contributed by atoms with E-state index in [4.69, 9.17) is 23.2 Å². The number of benzene rings is 2. The number of nitrogens with zero attached hydrogens (tertiary/aromatic N) is 2. The number of unbranched alkanes of at least 4 members (excludes halogenated alkanes) is 2. The number of piperidine rings is 2. The first-order valence-corrected chi connectivity index (χ1v) is 21.3. The fourth-order valence-electron chi connectivity index (χ4n) is 7.60. The van der Waals surface area contributed by atoms with Crippen LogP contribution in [-0.4, -0.2) is 109 Å². The molecule has 2 heterocycles. The molecule has 7 amide bonds. The molecule has 2 saturated heterocycles. The van der Waals surface area contributed by atoms with E-state index < -0.39 is 23.5 Å². The number of carbonyl (C=O) groups is 6. The maximum Gasteiger partial charge on any atom is 0.315 e. The minimum Gasteiger partial charge on any atom is -0.356 e. The average Bonchev–Trinajstić information content (AvgIpc) is 3.19. The Bertz CT molecular complexity index is 1700. The van der Waals surface area contributed by atoms with Gasteiger partial charge in [0, 0.05) is 70.8 Å². The van der Waals surface area contributed by atoms with E-state index in [-0.39, 0.29) is 54.3 Å². The van der Waals surface area contributed by atoms with Crippen LogP contribution < -0.4 is 26.6 Å². The van der Waals surface area contributed by atoms with E-state index in [1.165, 1.54) is 6.92 Å². The Balaban J connectivity index is 1.35. The predicted molar refractivity (Wildman–Crippen MR) is 225 cm³/mol. The van der Waals surface area contributed by atoms with Gasteiger partial charge in [-0.1, -0.05) is 66.0 Å². The number of halogens is 2. The number of nitrogens with one attached hydrogen (secondary N) is 5. The van der Waals surface area contributed by atoms with E-state index in [1.807, 2.05) is 37.3 Å². The summed E-state index contributed by atoms with van der Waals surface area (Å²) >= 11 is 16.6. The van der Waals surface area contributed by atoms with Crippen molar-refractivity contribution in [3.05, 3.63) is 69.7 Å². The third kappa shape index (κ3) is 14.1. The summed E-state index contributed by atoms with van der Waals surface area (Å²) in [4.78, 5) is 81.8. The number of rotatable bonds is 18. The fourth-order valence-corrected chi connectivity index (χ4v) is 8.18. The normalized spacial score (nSPS) is 19.1. The van der Waals surface area contributed by atoms with Crippen molar-refractivity contribution in [3.63, 3.8) is 0 Å². The quantitative estimate of drug-likeness (QED) is 0.0967. The zero-order valence-electron chi connectivity index (χ0n) is 32.9. The Kier molecular flexibility index (Phi) is 18.3. The SMILES string of the molecule is CCNC(=O)[C@]1(Cc2ccccc2)CCCN(C(=O)[C@@H](Cc2ccc(Cl)c(Cl)c2)NC(=O)N[C@@H]2CCCN(C(=O)CCCCCNC(=O)C(CS)NC(C)=O)C2)C1.